The summed E-state index contributed by atoms with van der Waals surface area (Å²) in [5.74, 6) is -1.09. The van der Waals surface area contributed by atoms with Gasteiger partial charge in [0.2, 0.25) is 0 Å². The van der Waals surface area contributed by atoms with Gasteiger partial charge in [-0.15, -0.1) is 6.58 Å². The van der Waals surface area contributed by atoms with Crippen molar-refractivity contribution >= 4 is 12.1 Å². The molecule has 0 radical (unpaired) electrons. The van der Waals surface area contributed by atoms with Gasteiger partial charge in [-0.05, 0) is 19.3 Å². The number of hydrogen-bond donors (Lipinski definition) is 2. The van der Waals surface area contributed by atoms with Gasteiger partial charge in [-0.1, -0.05) is 6.08 Å². The Bertz CT molecular complexity index is 276. The summed E-state index contributed by atoms with van der Waals surface area (Å²) in [6.45, 7) is 3.75. The quantitative estimate of drug-likeness (QED) is 0.668. The van der Waals surface area contributed by atoms with E-state index in [4.69, 9.17) is 10.2 Å². The molecule has 1 heterocycles. The zero-order valence-electron chi connectivity index (χ0n) is 7.77. The van der Waals surface area contributed by atoms with Gasteiger partial charge < -0.3 is 10.2 Å². The zero-order chi connectivity index (χ0) is 10.8. The molecule has 5 nitrogen and oxygen atoms in total. The first-order valence-electron chi connectivity index (χ1n) is 4.39. The van der Waals surface area contributed by atoms with E-state index in [9.17, 15) is 9.59 Å². The summed E-state index contributed by atoms with van der Waals surface area (Å²) < 4.78 is 0. The molecule has 5 heteroatoms. The largest absolute Gasteiger partial charge is 0.479 e. The van der Waals surface area contributed by atoms with Crippen LogP contribution in [0.15, 0.2) is 12.7 Å². The second-order valence-corrected chi connectivity index (χ2v) is 3.37. The van der Waals surface area contributed by atoms with Crippen LogP contribution >= 0.6 is 0 Å². The van der Waals surface area contributed by atoms with Gasteiger partial charge in [-0.2, -0.15) is 0 Å². The van der Waals surface area contributed by atoms with Gasteiger partial charge in [-0.3, -0.25) is 4.90 Å². The smallest absolute Gasteiger partial charge is 0.408 e. The van der Waals surface area contributed by atoms with E-state index in [1.54, 1.807) is 0 Å². The van der Waals surface area contributed by atoms with Crippen LogP contribution in [-0.4, -0.2) is 39.3 Å². The molecule has 1 aliphatic rings. The molecule has 1 amide bonds. The van der Waals surface area contributed by atoms with Crippen LogP contribution in [0.25, 0.3) is 0 Å². The normalized spacial score (nSPS) is 26.1. The highest BCUT2D eigenvalue weighted by molar-refractivity contribution is 5.84. The van der Waals surface area contributed by atoms with Crippen LogP contribution in [0.4, 0.5) is 4.79 Å². The SMILES string of the molecule is C=CC[C@]1(C(=O)O)CCCN1C(=O)O. The van der Waals surface area contributed by atoms with Crippen LogP contribution in [0.2, 0.25) is 0 Å². The first-order valence-corrected chi connectivity index (χ1v) is 4.39. The third-order valence-corrected chi connectivity index (χ3v) is 2.60. The van der Waals surface area contributed by atoms with Crippen molar-refractivity contribution in [2.24, 2.45) is 0 Å². The van der Waals surface area contributed by atoms with Crippen molar-refractivity contribution in [3.8, 4) is 0 Å². The minimum atomic E-state index is -1.28. The summed E-state index contributed by atoms with van der Waals surface area (Å²) in [5, 5.41) is 17.9. The Hall–Kier alpha value is -1.52. The van der Waals surface area contributed by atoms with Crippen LogP contribution < -0.4 is 0 Å². The number of rotatable bonds is 3. The fourth-order valence-electron chi connectivity index (χ4n) is 1.92. The fraction of sp³-hybridized carbons (Fsp3) is 0.556. The number of carboxylic acids is 1. The highest BCUT2D eigenvalue weighted by Crippen LogP contribution is 2.33. The number of likely N-dealkylation sites (tertiary alicyclic amines) is 1. The van der Waals surface area contributed by atoms with Crippen molar-refractivity contribution in [3.63, 3.8) is 0 Å². The van der Waals surface area contributed by atoms with E-state index in [2.05, 4.69) is 6.58 Å². The summed E-state index contributed by atoms with van der Waals surface area (Å²) >= 11 is 0. The van der Waals surface area contributed by atoms with Gasteiger partial charge in [0.15, 0.2) is 0 Å². The molecule has 2 N–H and O–H groups in total. The molecule has 1 saturated heterocycles. The molecule has 0 aromatic carbocycles. The Morgan fingerprint density at radius 1 is 1.50 bits per heavy atom. The maximum absolute atomic E-state index is 11.1. The van der Waals surface area contributed by atoms with Crippen molar-refractivity contribution in [2.75, 3.05) is 6.54 Å². The third kappa shape index (κ3) is 1.45. The van der Waals surface area contributed by atoms with Gasteiger partial charge in [0, 0.05) is 6.54 Å². The Balaban J connectivity index is 3.00. The molecule has 1 fully saturated rings. The lowest BCUT2D eigenvalue weighted by Crippen LogP contribution is -2.52. The van der Waals surface area contributed by atoms with Crippen LogP contribution in [0.5, 0.6) is 0 Å². The number of carbonyl (C=O) groups is 2. The lowest BCUT2D eigenvalue weighted by atomic mass is 9.92. The number of hydrogen-bond acceptors (Lipinski definition) is 2. The summed E-state index contributed by atoms with van der Waals surface area (Å²) in [7, 11) is 0. The molecule has 78 valence electrons. The first kappa shape index (κ1) is 10.6. The van der Waals surface area contributed by atoms with E-state index < -0.39 is 17.6 Å². The molecule has 1 aliphatic heterocycles. The maximum Gasteiger partial charge on any atom is 0.408 e. The second-order valence-electron chi connectivity index (χ2n) is 3.37. The molecule has 0 saturated carbocycles. The van der Waals surface area contributed by atoms with Crippen LogP contribution in [0.1, 0.15) is 19.3 Å². The molecule has 0 aromatic heterocycles. The van der Waals surface area contributed by atoms with Crippen molar-refractivity contribution in [1.82, 2.24) is 4.90 Å². The number of aliphatic carboxylic acids is 1. The summed E-state index contributed by atoms with van der Waals surface area (Å²) in [4.78, 5) is 22.9. The van der Waals surface area contributed by atoms with Crippen LogP contribution in [0.3, 0.4) is 0 Å². The Morgan fingerprint density at radius 2 is 2.14 bits per heavy atom. The molecule has 14 heavy (non-hydrogen) atoms. The Kier molecular flexibility index (Phi) is 2.78. The van der Waals surface area contributed by atoms with Crippen molar-refractivity contribution in [3.05, 3.63) is 12.7 Å². The second kappa shape index (κ2) is 3.69. The number of carboxylic acid groups (broad SMARTS) is 2. The number of nitrogens with zero attached hydrogens (tertiary/aromatic N) is 1. The summed E-state index contributed by atoms with van der Waals surface area (Å²) in [6, 6.07) is 0. The number of amides is 1. The molecule has 0 aromatic rings. The Morgan fingerprint density at radius 3 is 2.57 bits per heavy atom. The predicted molar refractivity (Wildman–Crippen MR) is 49.1 cm³/mol. The standard InChI is InChI=1S/C9H13NO4/c1-2-4-9(7(11)12)5-3-6-10(9)8(13)14/h2H,1,3-6H2,(H,11,12)(H,13,14)/t9-/m1/s1. The minimum Gasteiger partial charge on any atom is -0.479 e. The van der Waals surface area contributed by atoms with E-state index in [0.717, 1.165) is 4.90 Å². The Labute approximate surface area is 81.6 Å². The first-order chi connectivity index (χ1) is 6.54. The molecule has 1 atom stereocenters. The molecule has 0 spiro atoms. The van der Waals surface area contributed by atoms with Crippen molar-refractivity contribution in [2.45, 2.75) is 24.8 Å². The zero-order valence-corrected chi connectivity index (χ0v) is 7.77. The molecule has 0 aliphatic carbocycles. The van der Waals surface area contributed by atoms with Gasteiger partial charge in [0.1, 0.15) is 5.54 Å². The van der Waals surface area contributed by atoms with Gasteiger partial charge >= 0.3 is 12.1 Å². The van der Waals surface area contributed by atoms with E-state index in [0.29, 0.717) is 12.8 Å². The van der Waals surface area contributed by atoms with E-state index in [1.807, 2.05) is 0 Å². The van der Waals surface area contributed by atoms with Crippen LogP contribution in [0, 0.1) is 0 Å². The van der Waals surface area contributed by atoms with Crippen molar-refractivity contribution in [1.29, 1.82) is 0 Å². The van der Waals surface area contributed by atoms with Gasteiger partial charge in [0.05, 0.1) is 0 Å². The topological polar surface area (TPSA) is 77.8 Å². The summed E-state index contributed by atoms with van der Waals surface area (Å²) in [6.07, 6.45) is 1.39. The van der Waals surface area contributed by atoms with E-state index >= 15 is 0 Å². The molecule has 1 rings (SSSR count). The minimum absolute atomic E-state index is 0.161. The molecule has 0 unspecified atom stereocenters. The highest BCUT2D eigenvalue weighted by Gasteiger charge is 2.49. The van der Waals surface area contributed by atoms with Gasteiger partial charge in [-0.25, -0.2) is 9.59 Å². The maximum atomic E-state index is 11.1. The molecule has 0 bridgehead atoms. The van der Waals surface area contributed by atoms with E-state index in [-0.39, 0.29) is 13.0 Å². The third-order valence-electron chi connectivity index (χ3n) is 2.60. The van der Waals surface area contributed by atoms with Gasteiger partial charge in [0.25, 0.3) is 0 Å². The molecular formula is C9H13NO4. The highest BCUT2D eigenvalue weighted by atomic mass is 16.4. The lowest BCUT2D eigenvalue weighted by Gasteiger charge is -2.31. The average molecular weight is 199 g/mol. The fourth-order valence-corrected chi connectivity index (χ4v) is 1.92. The monoisotopic (exact) mass is 199 g/mol. The molecular weight excluding hydrogens is 186 g/mol. The summed E-state index contributed by atoms with van der Waals surface area (Å²) in [5.41, 5.74) is -1.28. The van der Waals surface area contributed by atoms with E-state index in [1.165, 1.54) is 6.08 Å². The van der Waals surface area contributed by atoms with Crippen molar-refractivity contribution < 1.29 is 19.8 Å². The average Bonchev–Trinajstić information content (AvgIpc) is 2.50. The van der Waals surface area contributed by atoms with Crippen LogP contribution in [-0.2, 0) is 4.79 Å². The predicted octanol–water partition coefficient (Wildman–Crippen LogP) is 1.16. The lowest BCUT2D eigenvalue weighted by molar-refractivity contribution is -0.148.